The van der Waals surface area contributed by atoms with E-state index >= 15 is 0 Å². The minimum absolute atomic E-state index is 0.152. The Morgan fingerprint density at radius 3 is 2.53 bits per heavy atom. The van der Waals surface area contributed by atoms with Crippen molar-refractivity contribution in [2.75, 3.05) is 32.0 Å². The second-order valence-electron chi connectivity index (χ2n) is 5.30. The predicted molar refractivity (Wildman–Crippen MR) is 78.1 cm³/mol. The van der Waals surface area contributed by atoms with Crippen LogP contribution in [0.3, 0.4) is 0 Å². The summed E-state index contributed by atoms with van der Waals surface area (Å²) in [6.45, 7) is 2.67. The lowest BCUT2D eigenvalue weighted by Crippen LogP contribution is -2.35. The van der Waals surface area contributed by atoms with Gasteiger partial charge in [-0.1, -0.05) is 12.1 Å². The monoisotopic (exact) mass is 261 g/mol. The van der Waals surface area contributed by atoms with Crippen LogP contribution in [0.2, 0.25) is 0 Å². The Bertz CT molecular complexity index is 408. The number of nitrogens with zero attached hydrogens (tertiary/aromatic N) is 1. The highest BCUT2D eigenvalue weighted by atomic mass is 16.1. The van der Waals surface area contributed by atoms with Gasteiger partial charge in [-0.15, -0.1) is 0 Å². The van der Waals surface area contributed by atoms with E-state index in [-0.39, 0.29) is 11.8 Å². The van der Waals surface area contributed by atoms with Crippen LogP contribution < -0.4 is 11.1 Å². The van der Waals surface area contributed by atoms with E-state index in [1.165, 1.54) is 5.56 Å². The lowest BCUT2D eigenvalue weighted by atomic mass is 9.96. The fourth-order valence-electron chi connectivity index (χ4n) is 2.44. The highest BCUT2D eigenvalue weighted by molar-refractivity contribution is 5.92. The molecule has 3 N–H and O–H groups in total. The molecule has 1 amide bonds. The van der Waals surface area contributed by atoms with Gasteiger partial charge in [0.25, 0.3) is 0 Å². The zero-order valence-corrected chi connectivity index (χ0v) is 11.6. The average Bonchev–Trinajstić information content (AvgIpc) is 2.42. The number of anilines is 1. The molecule has 1 aliphatic rings. The van der Waals surface area contributed by atoms with Crippen molar-refractivity contribution in [3.63, 3.8) is 0 Å². The molecule has 19 heavy (non-hydrogen) atoms. The van der Waals surface area contributed by atoms with Crippen molar-refractivity contribution < 1.29 is 4.79 Å². The molecule has 4 nitrogen and oxygen atoms in total. The number of carbonyl (C=O) groups is 1. The van der Waals surface area contributed by atoms with Crippen molar-refractivity contribution in [1.82, 2.24) is 4.90 Å². The van der Waals surface area contributed by atoms with Crippen molar-refractivity contribution in [2.24, 2.45) is 11.7 Å². The first-order valence-electron chi connectivity index (χ1n) is 6.97. The number of hydrogen-bond donors (Lipinski definition) is 2. The van der Waals surface area contributed by atoms with Crippen LogP contribution in [0.4, 0.5) is 5.69 Å². The molecule has 1 heterocycles. The summed E-state index contributed by atoms with van der Waals surface area (Å²) in [5.41, 5.74) is 7.60. The summed E-state index contributed by atoms with van der Waals surface area (Å²) in [7, 11) is 2.10. The molecule has 1 aromatic rings. The molecule has 0 aromatic heterocycles. The van der Waals surface area contributed by atoms with Gasteiger partial charge >= 0.3 is 0 Å². The highest BCUT2D eigenvalue weighted by Crippen LogP contribution is 2.18. The summed E-state index contributed by atoms with van der Waals surface area (Å²) in [5, 5.41) is 3.01. The van der Waals surface area contributed by atoms with Crippen LogP contribution in [0, 0.1) is 5.92 Å². The molecule has 0 spiro atoms. The Morgan fingerprint density at radius 2 is 1.95 bits per heavy atom. The minimum atomic E-state index is 0.152. The molecule has 0 unspecified atom stereocenters. The van der Waals surface area contributed by atoms with Gasteiger partial charge in [0.05, 0.1) is 0 Å². The second-order valence-corrected chi connectivity index (χ2v) is 5.30. The molecule has 4 heteroatoms. The fourth-order valence-corrected chi connectivity index (χ4v) is 2.44. The number of amides is 1. The number of nitrogens with two attached hydrogens (primary N) is 1. The molecular formula is C15H23N3O. The van der Waals surface area contributed by atoms with Gasteiger partial charge in [-0.2, -0.15) is 0 Å². The lowest BCUT2D eigenvalue weighted by molar-refractivity contribution is -0.121. The van der Waals surface area contributed by atoms with Gasteiger partial charge in [0.15, 0.2) is 0 Å². The van der Waals surface area contributed by atoms with Gasteiger partial charge in [-0.3, -0.25) is 4.79 Å². The van der Waals surface area contributed by atoms with E-state index in [4.69, 9.17) is 5.73 Å². The van der Waals surface area contributed by atoms with E-state index in [2.05, 4.69) is 17.3 Å². The van der Waals surface area contributed by atoms with Crippen LogP contribution in [0.25, 0.3) is 0 Å². The number of piperidine rings is 1. The van der Waals surface area contributed by atoms with Gasteiger partial charge in [-0.05, 0) is 63.6 Å². The second kappa shape index (κ2) is 6.68. The number of nitrogens with one attached hydrogen (secondary N) is 1. The molecule has 0 bridgehead atoms. The summed E-state index contributed by atoms with van der Waals surface area (Å²) in [4.78, 5) is 14.4. The third-order valence-corrected chi connectivity index (χ3v) is 3.74. The lowest BCUT2D eigenvalue weighted by Gasteiger charge is -2.28. The summed E-state index contributed by atoms with van der Waals surface area (Å²) >= 11 is 0. The predicted octanol–water partition coefficient (Wildman–Crippen LogP) is 1.47. The maximum atomic E-state index is 12.1. The summed E-state index contributed by atoms with van der Waals surface area (Å²) < 4.78 is 0. The third-order valence-electron chi connectivity index (χ3n) is 3.74. The molecule has 1 aromatic carbocycles. The standard InChI is InChI=1S/C15H23N3O/c1-18-10-7-13(8-11-18)15(19)17-14-4-2-12(3-5-14)6-9-16/h2-5,13H,6-11,16H2,1H3,(H,17,19). The topological polar surface area (TPSA) is 58.4 Å². The molecule has 1 saturated heterocycles. The molecule has 2 rings (SSSR count). The minimum Gasteiger partial charge on any atom is -0.330 e. The van der Waals surface area contributed by atoms with Gasteiger partial charge < -0.3 is 16.0 Å². The fraction of sp³-hybridized carbons (Fsp3) is 0.533. The van der Waals surface area contributed by atoms with Crippen LogP contribution in [0.1, 0.15) is 18.4 Å². The van der Waals surface area contributed by atoms with Crippen LogP contribution in [-0.2, 0) is 11.2 Å². The first-order chi connectivity index (χ1) is 9.19. The van der Waals surface area contributed by atoms with Crippen LogP contribution in [0.15, 0.2) is 24.3 Å². The molecule has 0 atom stereocenters. The third kappa shape index (κ3) is 4.04. The maximum absolute atomic E-state index is 12.1. The smallest absolute Gasteiger partial charge is 0.227 e. The Morgan fingerprint density at radius 1 is 1.32 bits per heavy atom. The molecular weight excluding hydrogens is 238 g/mol. The van der Waals surface area contributed by atoms with E-state index in [1.807, 2.05) is 24.3 Å². The number of rotatable bonds is 4. The summed E-state index contributed by atoms with van der Waals surface area (Å²) in [6.07, 6.45) is 2.78. The van der Waals surface area contributed by atoms with E-state index in [1.54, 1.807) is 0 Å². The first kappa shape index (κ1) is 14.0. The van der Waals surface area contributed by atoms with Gasteiger partial charge in [0, 0.05) is 11.6 Å². The first-order valence-corrected chi connectivity index (χ1v) is 6.97. The summed E-state index contributed by atoms with van der Waals surface area (Å²) in [5.74, 6) is 0.305. The maximum Gasteiger partial charge on any atom is 0.227 e. The Balaban J connectivity index is 1.88. The van der Waals surface area contributed by atoms with Crippen LogP contribution >= 0.6 is 0 Å². The van der Waals surface area contributed by atoms with Gasteiger partial charge in [-0.25, -0.2) is 0 Å². The zero-order valence-electron chi connectivity index (χ0n) is 11.6. The Labute approximate surface area is 115 Å². The van der Waals surface area contributed by atoms with Crippen LogP contribution in [0.5, 0.6) is 0 Å². The largest absolute Gasteiger partial charge is 0.330 e. The zero-order chi connectivity index (χ0) is 13.7. The highest BCUT2D eigenvalue weighted by Gasteiger charge is 2.23. The van der Waals surface area contributed by atoms with Crippen molar-refractivity contribution in [3.8, 4) is 0 Å². The van der Waals surface area contributed by atoms with E-state index in [0.717, 1.165) is 38.0 Å². The van der Waals surface area contributed by atoms with Crippen molar-refractivity contribution >= 4 is 11.6 Å². The molecule has 1 aliphatic heterocycles. The average molecular weight is 261 g/mol. The molecule has 104 valence electrons. The number of hydrogen-bond acceptors (Lipinski definition) is 3. The summed E-state index contributed by atoms with van der Waals surface area (Å²) in [6, 6.07) is 7.96. The normalized spacial score (nSPS) is 17.4. The van der Waals surface area contributed by atoms with E-state index < -0.39 is 0 Å². The van der Waals surface area contributed by atoms with E-state index in [9.17, 15) is 4.79 Å². The number of carbonyl (C=O) groups excluding carboxylic acids is 1. The molecule has 0 aliphatic carbocycles. The molecule has 0 radical (unpaired) electrons. The number of benzene rings is 1. The van der Waals surface area contributed by atoms with Gasteiger partial charge in [0.1, 0.15) is 0 Å². The van der Waals surface area contributed by atoms with Crippen molar-refractivity contribution in [3.05, 3.63) is 29.8 Å². The van der Waals surface area contributed by atoms with Crippen LogP contribution in [-0.4, -0.2) is 37.5 Å². The molecule has 0 saturated carbocycles. The Hall–Kier alpha value is -1.39. The van der Waals surface area contributed by atoms with Crippen molar-refractivity contribution in [2.45, 2.75) is 19.3 Å². The Kier molecular flexibility index (Phi) is 4.93. The quantitative estimate of drug-likeness (QED) is 0.863. The molecule has 1 fully saturated rings. The van der Waals surface area contributed by atoms with Gasteiger partial charge in [0.2, 0.25) is 5.91 Å². The van der Waals surface area contributed by atoms with E-state index in [0.29, 0.717) is 6.54 Å². The van der Waals surface area contributed by atoms with Crippen molar-refractivity contribution in [1.29, 1.82) is 0 Å². The SMILES string of the molecule is CN1CCC(C(=O)Nc2ccc(CCN)cc2)CC1. The number of likely N-dealkylation sites (tertiary alicyclic amines) is 1.